The predicted molar refractivity (Wildman–Crippen MR) is 87.1 cm³/mol. The van der Waals surface area contributed by atoms with E-state index in [-0.39, 0.29) is 5.82 Å². The average molecular weight is 305 g/mol. The fraction of sp³-hybridized carbons (Fsp3) is 0.375. The molecule has 1 aromatic heterocycles. The first-order chi connectivity index (χ1) is 10.1. The summed E-state index contributed by atoms with van der Waals surface area (Å²) in [5, 5.41) is 3.31. The zero-order valence-corrected chi connectivity index (χ0v) is 13.4. The second-order valence-electron chi connectivity index (χ2n) is 4.84. The Bertz CT molecular complexity index is 616. The second-order valence-corrected chi connectivity index (χ2v) is 5.71. The quantitative estimate of drug-likeness (QED) is 0.876. The summed E-state index contributed by atoms with van der Waals surface area (Å²) in [6.45, 7) is 4.60. The van der Waals surface area contributed by atoms with Crippen molar-refractivity contribution >= 4 is 17.6 Å². The number of anilines is 1. The smallest absolute Gasteiger partial charge is 0.130 e. The van der Waals surface area contributed by atoms with E-state index in [1.165, 1.54) is 6.07 Å². The molecule has 1 aromatic carbocycles. The fourth-order valence-electron chi connectivity index (χ4n) is 2.14. The van der Waals surface area contributed by atoms with Crippen LogP contribution in [0.2, 0.25) is 0 Å². The molecule has 5 heteroatoms. The largest absolute Gasteiger partial charge is 0.366 e. The van der Waals surface area contributed by atoms with Gasteiger partial charge in [-0.25, -0.2) is 14.4 Å². The third kappa shape index (κ3) is 4.43. The number of aryl methyl sites for hydroxylation is 2. The standard InChI is InChI=1S/C16H20FN3S/c1-4-15-8-16(20-11(2)19-15)18-9-12-5-6-14(17)7-13(12)10-21-3/h5-8H,4,9-10H2,1-3H3,(H,18,19,20). The van der Waals surface area contributed by atoms with Crippen molar-refractivity contribution in [3.05, 3.63) is 52.7 Å². The first-order valence-electron chi connectivity index (χ1n) is 6.97. The number of nitrogens with one attached hydrogen (secondary N) is 1. The molecule has 0 atom stereocenters. The summed E-state index contributed by atoms with van der Waals surface area (Å²) in [4.78, 5) is 8.75. The highest BCUT2D eigenvalue weighted by Crippen LogP contribution is 2.18. The van der Waals surface area contributed by atoms with Crippen molar-refractivity contribution in [3.8, 4) is 0 Å². The molecule has 1 heterocycles. The van der Waals surface area contributed by atoms with Gasteiger partial charge in [0.15, 0.2) is 0 Å². The number of benzene rings is 1. The molecule has 2 aromatic rings. The van der Waals surface area contributed by atoms with Crippen LogP contribution in [0.25, 0.3) is 0 Å². The van der Waals surface area contributed by atoms with E-state index in [0.29, 0.717) is 6.54 Å². The molecule has 0 aliphatic carbocycles. The van der Waals surface area contributed by atoms with Gasteiger partial charge in [0.25, 0.3) is 0 Å². The van der Waals surface area contributed by atoms with Crippen LogP contribution in [0.1, 0.15) is 29.6 Å². The van der Waals surface area contributed by atoms with Gasteiger partial charge < -0.3 is 5.32 Å². The maximum Gasteiger partial charge on any atom is 0.130 e. The van der Waals surface area contributed by atoms with Gasteiger partial charge in [0, 0.05) is 24.1 Å². The van der Waals surface area contributed by atoms with Crippen LogP contribution < -0.4 is 5.32 Å². The predicted octanol–water partition coefficient (Wildman–Crippen LogP) is 3.96. The average Bonchev–Trinajstić information content (AvgIpc) is 2.46. The maximum absolute atomic E-state index is 13.3. The number of halogens is 1. The number of thioether (sulfide) groups is 1. The van der Waals surface area contributed by atoms with Gasteiger partial charge in [-0.2, -0.15) is 11.8 Å². The molecule has 0 spiro atoms. The molecule has 1 N–H and O–H groups in total. The van der Waals surface area contributed by atoms with E-state index in [2.05, 4.69) is 22.2 Å². The van der Waals surface area contributed by atoms with Gasteiger partial charge in [-0.3, -0.25) is 0 Å². The molecule has 0 saturated carbocycles. The molecule has 0 radical (unpaired) electrons. The minimum Gasteiger partial charge on any atom is -0.366 e. The van der Waals surface area contributed by atoms with Gasteiger partial charge in [0.05, 0.1) is 0 Å². The number of hydrogen-bond acceptors (Lipinski definition) is 4. The molecule has 3 nitrogen and oxygen atoms in total. The van der Waals surface area contributed by atoms with Crippen LogP contribution >= 0.6 is 11.8 Å². The first kappa shape index (κ1) is 15.8. The summed E-state index contributed by atoms with van der Waals surface area (Å²) < 4.78 is 13.3. The highest BCUT2D eigenvalue weighted by Gasteiger charge is 2.05. The van der Waals surface area contributed by atoms with E-state index in [1.807, 2.05) is 25.3 Å². The molecular formula is C16H20FN3S. The Morgan fingerprint density at radius 3 is 2.71 bits per heavy atom. The Morgan fingerprint density at radius 1 is 1.19 bits per heavy atom. The summed E-state index contributed by atoms with van der Waals surface area (Å²) in [5.41, 5.74) is 3.14. The van der Waals surface area contributed by atoms with Gasteiger partial charge >= 0.3 is 0 Å². The first-order valence-corrected chi connectivity index (χ1v) is 8.36. The van der Waals surface area contributed by atoms with E-state index >= 15 is 0 Å². The SMILES string of the molecule is CCc1cc(NCc2ccc(F)cc2CSC)nc(C)n1. The van der Waals surface area contributed by atoms with E-state index < -0.39 is 0 Å². The molecule has 0 bridgehead atoms. The van der Waals surface area contributed by atoms with Crippen LogP contribution in [0.3, 0.4) is 0 Å². The van der Waals surface area contributed by atoms with Crippen LogP contribution in [0.5, 0.6) is 0 Å². The third-order valence-electron chi connectivity index (χ3n) is 3.18. The molecule has 0 amide bonds. The van der Waals surface area contributed by atoms with Crippen molar-refractivity contribution in [2.24, 2.45) is 0 Å². The van der Waals surface area contributed by atoms with Crippen molar-refractivity contribution in [1.82, 2.24) is 9.97 Å². The zero-order valence-electron chi connectivity index (χ0n) is 12.6. The molecule has 2 rings (SSSR count). The minimum absolute atomic E-state index is 0.186. The molecular weight excluding hydrogens is 285 g/mol. The van der Waals surface area contributed by atoms with Gasteiger partial charge in [0.1, 0.15) is 17.5 Å². The Balaban J connectivity index is 2.14. The summed E-state index contributed by atoms with van der Waals surface area (Å²) >= 11 is 1.69. The lowest BCUT2D eigenvalue weighted by Gasteiger charge is -2.11. The Labute approximate surface area is 129 Å². The Kier molecular flexibility index (Phi) is 5.56. The van der Waals surface area contributed by atoms with Crippen LogP contribution in [0.15, 0.2) is 24.3 Å². The van der Waals surface area contributed by atoms with E-state index in [1.54, 1.807) is 17.8 Å². The minimum atomic E-state index is -0.186. The Morgan fingerprint density at radius 2 is 2.00 bits per heavy atom. The zero-order chi connectivity index (χ0) is 15.2. The number of nitrogens with zero attached hydrogens (tertiary/aromatic N) is 2. The molecule has 0 unspecified atom stereocenters. The number of rotatable bonds is 6. The molecule has 0 fully saturated rings. The van der Waals surface area contributed by atoms with E-state index in [9.17, 15) is 4.39 Å². The summed E-state index contributed by atoms with van der Waals surface area (Å²) in [5.74, 6) is 2.20. The van der Waals surface area contributed by atoms with E-state index in [0.717, 1.165) is 40.6 Å². The van der Waals surface area contributed by atoms with Crippen LogP contribution in [-0.2, 0) is 18.7 Å². The molecule has 0 aliphatic heterocycles. The summed E-state index contributed by atoms with van der Waals surface area (Å²) in [7, 11) is 0. The molecule has 112 valence electrons. The normalized spacial score (nSPS) is 10.7. The van der Waals surface area contributed by atoms with Crippen molar-refractivity contribution in [2.75, 3.05) is 11.6 Å². The lowest BCUT2D eigenvalue weighted by atomic mass is 10.1. The topological polar surface area (TPSA) is 37.8 Å². The summed E-state index contributed by atoms with van der Waals surface area (Å²) in [6, 6.07) is 6.91. The number of aromatic nitrogens is 2. The van der Waals surface area contributed by atoms with Crippen LogP contribution in [0, 0.1) is 12.7 Å². The molecule has 0 saturated heterocycles. The molecule has 0 aliphatic rings. The van der Waals surface area contributed by atoms with Crippen molar-refractivity contribution in [1.29, 1.82) is 0 Å². The lowest BCUT2D eigenvalue weighted by molar-refractivity contribution is 0.625. The fourth-order valence-corrected chi connectivity index (χ4v) is 2.72. The highest BCUT2D eigenvalue weighted by molar-refractivity contribution is 7.97. The van der Waals surface area contributed by atoms with Crippen LogP contribution in [-0.4, -0.2) is 16.2 Å². The van der Waals surface area contributed by atoms with E-state index in [4.69, 9.17) is 0 Å². The van der Waals surface area contributed by atoms with Crippen LogP contribution in [0.4, 0.5) is 10.2 Å². The van der Waals surface area contributed by atoms with Gasteiger partial charge in [-0.05, 0) is 42.9 Å². The third-order valence-corrected chi connectivity index (χ3v) is 3.78. The summed E-state index contributed by atoms with van der Waals surface area (Å²) in [6.07, 6.45) is 2.90. The van der Waals surface area contributed by atoms with Gasteiger partial charge in [-0.1, -0.05) is 13.0 Å². The van der Waals surface area contributed by atoms with Gasteiger partial charge in [-0.15, -0.1) is 0 Å². The highest BCUT2D eigenvalue weighted by atomic mass is 32.2. The van der Waals surface area contributed by atoms with Crippen molar-refractivity contribution < 1.29 is 4.39 Å². The second kappa shape index (κ2) is 7.41. The molecule has 21 heavy (non-hydrogen) atoms. The maximum atomic E-state index is 13.3. The Hall–Kier alpha value is -1.62. The van der Waals surface area contributed by atoms with Gasteiger partial charge in [0.2, 0.25) is 0 Å². The lowest BCUT2D eigenvalue weighted by Crippen LogP contribution is -2.06. The van der Waals surface area contributed by atoms with Crippen molar-refractivity contribution in [3.63, 3.8) is 0 Å². The monoisotopic (exact) mass is 305 g/mol. The van der Waals surface area contributed by atoms with Crippen molar-refractivity contribution in [2.45, 2.75) is 32.6 Å². The number of hydrogen-bond donors (Lipinski definition) is 1.